The fraction of sp³-hybridized carbons (Fsp3) is 0.381. The van der Waals surface area contributed by atoms with Gasteiger partial charge in [0.05, 0.1) is 30.9 Å². The highest BCUT2D eigenvalue weighted by molar-refractivity contribution is 5.71. The second kappa shape index (κ2) is 10.6. The van der Waals surface area contributed by atoms with E-state index in [2.05, 4.69) is 28.1 Å². The Kier molecular flexibility index (Phi) is 8.21. The molecule has 0 bridgehead atoms. The van der Waals surface area contributed by atoms with Gasteiger partial charge in [0.2, 0.25) is 0 Å². The Bertz CT molecular complexity index is 913. The Morgan fingerprint density at radius 1 is 1.27 bits per heavy atom. The normalized spacial score (nSPS) is 13.7. The van der Waals surface area contributed by atoms with Crippen LogP contribution in [0.5, 0.6) is 0 Å². The van der Waals surface area contributed by atoms with Gasteiger partial charge < -0.3 is 19.9 Å². The fourth-order valence-corrected chi connectivity index (χ4v) is 3.13. The van der Waals surface area contributed by atoms with Crippen molar-refractivity contribution in [2.45, 2.75) is 39.5 Å². The predicted octanol–water partition coefficient (Wildman–Crippen LogP) is 3.57. The molecule has 1 aromatic carbocycles. The van der Waals surface area contributed by atoms with E-state index in [1.165, 1.54) is 6.07 Å². The molecule has 160 valence electrons. The number of hydrogen-bond donors (Lipinski definition) is 2. The van der Waals surface area contributed by atoms with E-state index < -0.39 is 18.7 Å². The van der Waals surface area contributed by atoms with Crippen LogP contribution in [-0.2, 0) is 27.2 Å². The second-order valence-electron chi connectivity index (χ2n) is 6.41. The lowest BCUT2D eigenvalue weighted by Gasteiger charge is -2.19. The molecule has 1 aromatic heterocycles. The summed E-state index contributed by atoms with van der Waals surface area (Å²) in [4.78, 5) is 19.9. The maximum atomic E-state index is 13.1. The number of ether oxygens (including phenoxy) is 2. The van der Waals surface area contributed by atoms with Gasteiger partial charge in [-0.3, -0.25) is 4.79 Å². The molecule has 0 spiro atoms. The van der Waals surface area contributed by atoms with Crippen LogP contribution in [0.4, 0.5) is 14.6 Å². The minimum Gasteiger partial charge on any atom is -0.481 e. The average Bonchev–Trinajstić information content (AvgIpc) is 3.22. The number of halogens is 2. The topological polar surface area (TPSA) is 93.6 Å². The van der Waals surface area contributed by atoms with Crippen LogP contribution >= 0.6 is 0 Å². The molecule has 2 aromatic rings. The number of alkyl halides is 2. The number of aliphatic carboxylic acids is 1. The van der Waals surface area contributed by atoms with E-state index >= 15 is 0 Å². The van der Waals surface area contributed by atoms with Crippen LogP contribution in [0.15, 0.2) is 18.2 Å². The first kappa shape index (κ1) is 23.2. The zero-order valence-electron chi connectivity index (χ0n) is 16.7. The van der Waals surface area contributed by atoms with Crippen molar-refractivity contribution >= 4 is 11.8 Å². The second-order valence-corrected chi connectivity index (χ2v) is 6.41. The number of aryl methyl sites for hydroxylation is 1. The van der Waals surface area contributed by atoms with Crippen molar-refractivity contribution in [2.24, 2.45) is 0 Å². The quantitative estimate of drug-likeness (QED) is 0.663. The standard InChI is InChI=1S/C19H21F2N3O4.C2H2/c1-10-12(4-3-5-13(10)17(20)21)9-22-18-16(19-27-6-7-28-19)14(8-15(25)26)23-11(2)24-18;1-2/h3-5,17,19H,6-9H2,1-2H3,(H,25,26)(H,22,23,24);1-2H. The van der Waals surface area contributed by atoms with Gasteiger partial charge in [0, 0.05) is 12.1 Å². The number of aromatic nitrogens is 2. The summed E-state index contributed by atoms with van der Waals surface area (Å²) in [5.41, 5.74) is 1.89. The Morgan fingerprint density at radius 3 is 2.53 bits per heavy atom. The first-order valence-corrected chi connectivity index (χ1v) is 9.13. The molecule has 9 heteroatoms. The molecule has 0 unspecified atom stereocenters. The lowest BCUT2D eigenvalue weighted by molar-refractivity contribution is -0.136. The summed E-state index contributed by atoms with van der Waals surface area (Å²) in [5.74, 6) is -0.278. The van der Waals surface area contributed by atoms with Gasteiger partial charge in [-0.05, 0) is 25.0 Å². The smallest absolute Gasteiger partial charge is 0.309 e. The molecule has 2 heterocycles. The first-order chi connectivity index (χ1) is 14.4. The van der Waals surface area contributed by atoms with Gasteiger partial charge in [-0.2, -0.15) is 0 Å². The predicted molar refractivity (Wildman–Crippen MR) is 106 cm³/mol. The average molecular weight is 419 g/mol. The van der Waals surface area contributed by atoms with Crippen molar-refractivity contribution in [1.82, 2.24) is 9.97 Å². The van der Waals surface area contributed by atoms with Gasteiger partial charge in [-0.1, -0.05) is 18.2 Å². The van der Waals surface area contributed by atoms with E-state index in [0.29, 0.717) is 47.2 Å². The monoisotopic (exact) mass is 419 g/mol. The van der Waals surface area contributed by atoms with Crippen LogP contribution in [-0.4, -0.2) is 34.3 Å². The number of terminal acetylenes is 1. The van der Waals surface area contributed by atoms with Crippen molar-refractivity contribution < 1.29 is 28.2 Å². The Hall–Kier alpha value is -3.09. The minimum atomic E-state index is -2.56. The number of hydrogen-bond acceptors (Lipinski definition) is 6. The number of benzene rings is 1. The van der Waals surface area contributed by atoms with E-state index in [9.17, 15) is 18.7 Å². The maximum Gasteiger partial charge on any atom is 0.309 e. The summed E-state index contributed by atoms with van der Waals surface area (Å²) in [6.07, 6.45) is 4.36. The lowest BCUT2D eigenvalue weighted by atomic mass is 10.0. The number of carbonyl (C=O) groups is 1. The van der Waals surface area contributed by atoms with Gasteiger partial charge in [0.25, 0.3) is 6.43 Å². The zero-order chi connectivity index (χ0) is 22.3. The fourth-order valence-electron chi connectivity index (χ4n) is 3.13. The SMILES string of the molecule is C#C.Cc1nc(CC(=O)O)c(C2OCCO2)c(NCc2cccc(C(F)F)c2C)n1. The van der Waals surface area contributed by atoms with Crippen LogP contribution in [0.2, 0.25) is 0 Å². The van der Waals surface area contributed by atoms with Gasteiger partial charge >= 0.3 is 5.97 Å². The van der Waals surface area contributed by atoms with Crippen molar-refractivity contribution in [2.75, 3.05) is 18.5 Å². The van der Waals surface area contributed by atoms with Gasteiger partial charge in [-0.25, -0.2) is 18.7 Å². The molecule has 7 nitrogen and oxygen atoms in total. The third-order valence-electron chi connectivity index (χ3n) is 4.48. The third kappa shape index (κ3) is 5.49. The number of rotatable bonds is 7. The molecule has 2 N–H and O–H groups in total. The molecular formula is C21H23F2N3O4. The summed E-state index contributed by atoms with van der Waals surface area (Å²) in [5, 5.41) is 12.3. The van der Waals surface area contributed by atoms with E-state index in [1.54, 1.807) is 26.0 Å². The molecule has 0 aliphatic carbocycles. The van der Waals surface area contributed by atoms with Gasteiger partial charge in [0.15, 0.2) is 6.29 Å². The van der Waals surface area contributed by atoms with E-state index in [-0.39, 0.29) is 18.5 Å². The Labute approximate surface area is 173 Å². The van der Waals surface area contributed by atoms with E-state index in [4.69, 9.17) is 9.47 Å². The molecule has 3 rings (SSSR count). The first-order valence-electron chi connectivity index (χ1n) is 9.13. The van der Waals surface area contributed by atoms with Gasteiger partial charge in [-0.15, -0.1) is 12.8 Å². The van der Waals surface area contributed by atoms with Crippen LogP contribution in [0.1, 0.15) is 46.5 Å². The number of nitrogens with zero attached hydrogens (tertiary/aromatic N) is 2. The zero-order valence-corrected chi connectivity index (χ0v) is 16.7. The summed E-state index contributed by atoms with van der Waals surface area (Å²) >= 11 is 0. The summed E-state index contributed by atoms with van der Waals surface area (Å²) in [6.45, 7) is 4.28. The van der Waals surface area contributed by atoms with Crippen LogP contribution < -0.4 is 5.32 Å². The maximum absolute atomic E-state index is 13.1. The van der Waals surface area contributed by atoms with Gasteiger partial charge in [0.1, 0.15) is 11.6 Å². The van der Waals surface area contributed by atoms with Crippen LogP contribution in [0.25, 0.3) is 0 Å². The number of carboxylic acids is 1. The molecule has 1 aliphatic rings. The van der Waals surface area contributed by atoms with Crippen molar-refractivity contribution in [3.63, 3.8) is 0 Å². The molecule has 30 heavy (non-hydrogen) atoms. The Morgan fingerprint density at radius 2 is 1.93 bits per heavy atom. The molecule has 1 aliphatic heterocycles. The van der Waals surface area contributed by atoms with Crippen molar-refractivity contribution in [1.29, 1.82) is 0 Å². The van der Waals surface area contributed by atoms with Crippen LogP contribution in [0.3, 0.4) is 0 Å². The molecule has 0 saturated carbocycles. The largest absolute Gasteiger partial charge is 0.481 e. The lowest BCUT2D eigenvalue weighted by Crippen LogP contribution is -2.17. The highest BCUT2D eigenvalue weighted by Crippen LogP contribution is 2.32. The molecule has 0 atom stereocenters. The van der Waals surface area contributed by atoms with Crippen molar-refractivity contribution in [3.05, 3.63) is 52.0 Å². The Balaban J connectivity index is 0.00000155. The van der Waals surface area contributed by atoms with Crippen molar-refractivity contribution in [3.8, 4) is 12.8 Å². The van der Waals surface area contributed by atoms with E-state index in [0.717, 1.165) is 0 Å². The molecule has 0 radical (unpaired) electrons. The summed E-state index contributed by atoms with van der Waals surface area (Å²) in [6, 6.07) is 4.73. The molecule has 1 saturated heterocycles. The highest BCUT2D eigenvalue weighted by Gasteiger charge is 2.28. The highest BCUT2D eigenvalue weighted by atomic mass is 19.3. The minimum absolute atomic E-state index is 0.0209. The van der Waals surface area contributed by atoms with E-state index in [1.807, 2.05) is 0 Å². The van der Waals surface area contributed by atoms with Crippen LogP contribution in [0, 0.1) is 26.7 Å². The third-order valence-corrected chi connectivity index (χ3v) is 4.48. The summed E-state index contributed by atoms with van der Waals surface area (Å²) in [7, 11) is 0. The number of carboxylic acid groups (broad SMARTS) is 1. The molecule has 0 amide bonds. The molecular weight excluding hydrogens is 396 g/mol. The number of nitrogens with one attached hydrogen (secondary N) is 1. The molecule has 1 fully saturated rings. The summed E-state index contributed by atoms with van der Waals surface area (Å²) < 4.78 is 37.3. The number of anilines is 1.